The van der Waals surface area contributed by atoms with Crippen molar-refractivity contribution in [1.82, 2.24) is 14.8 Å². The van der Waals surface area contributed by atoms with Crippen molar-refractivity contribution in [2.45, 2.75) is 11.6 Å². The van der Waals surface area contributed by atoms with Gasteiger partial charge in [-0.15, -0.1) is 11.8 Å². The van der Waals surface area contributed by atoms with E-state index >= 15 is 0 Å². The van der Waals surface area contributed by atoms with E-state index in [0.717, 1.165) is 10.0 Å². The van der Waals surface area contributed by atoms with Gasteiger partial charge < -0.3 is 5.32 Å². The van der Waals surface area contributed by atoms with Gasteiger partial charge in [0.2, 0.25) is 0 Å². The highest BCUT2D eigenvalue weighted by atomic mass is 79.9. The number of benzene rings is 1. The van der Waals surface area contributed by atoms with Gasteiger partial charge in [0.25, 0.3) is 5.91 Å². The molecule has 0 spiro atoms. The summed E-state index contributed by atoms with van der Waals surface area (Å²) in [6.45, 7) is 0.582. The van der Waals surface area contributed by atoms with Gasteiger partial charge in [-0.3, -0.25) is 4.79 Å². The normalized spacial score (nSPS) is 10.6. The lowest BCUT2D eigenvalue weighted by atomic mass is 10.2. The fourth-order valence-corrected chi connectivity index (χ4v) is 3.05. The average Bonchev–Trinajstić information content (AvgIpc) is 3.03. The first-order chi connectivity index (χ1) is 11.7. The highest BCUT2D eigenvalue weighted by molar-refractivity contribution is 9.10. The second-order valence-corrected chi connectivity index (χ2v) is 6.73. The summed E-state index contributed by atoms with van der Waals surface area (Å²) in [6.07, 6.45) is 5.25. The summed E-state index contributed by atoms with van der Waals surface area (Å²) < 4.78 is 2.79. The fourth-order valence-electron chi connectivity index (χ4n) is 2.24. The lowest BCUT2D eigenvalue weighted by Gasteiger charge is -2.10. The van der Waals surface area contributed by atoms with E-state index in [9.17, 15) is 4.79 Å². The smallest absolute Gasteiger partial charge is 0.259 e. The van der Waals surface area contributed by atoms with E-state index < -0.39 is 0 Å². The van der Waals surface area contributed by atoms with Gasteiger partial charge in [-0.05, 0) is 36.1 Å². The lowest BCUT2D eigenvalue weighted by Crippen LogP contribution is -2.17. The topological polar surface area (TPSA) is 59.8 Å². The number of anilines is 1. The van der Waals surface area contributed by atoms with Crippen LogP contribution in [0.2, 0.25) is 0 Å². The predicted molar refractivity (Wildman–Crippen MR) is 99.4 cm³/mol. The molecule has 0 aliphatic heterocycles. The first kappa shape index (κ1) is 16.7. The van der Waals surface area contributed by atoms with Crippen molar-refractivity contribution in [3.8, 4) is 0 Å². The molecule has 122 valence electrons. The Morgan fingerprint density at radius 1 is 1.21 bits per heavy atom. The fraction of sp³-hybridized carbons (Fsp3) is 0.118. The Hall–Kier alpha value is -2.12. The number of carbonyl (C=O) groups excluding carboxylic acids is 1. The number of pyridine rings is 1. The molecule has 0 aliphatic rings. The highest BCUT2D eigenvalue weighted by Gasteiger charge is 2.14. The van der Waals surface area contributed by atoms with Gasteiger partial charge in [0, 0.05) is 16.7 Å². The molecule has 1 N–H and O–H groups in total. The maximum atomic E-state index is 12.5. The molecule has 0 unspecified atom stereocenters. The Kier molecular flexibility index (Phi) is 5.32. The lowest BCUT2D eigenvalue weighted by molar-refractivity contribution is 0.102. The zero-order valence-electron chi connectivity index (χ0n) is 12.9. The van der Waals surface area contributed by atoms with Crippen molar-refractivity contribution < 1.29 is 4.79 Å². The van der Waals surface area contributed by atoms with Crippen LogP contribution < -0.4 is 5.32 Å². The second kappa shape index (κ2) is 7.63. The number of carbonyl (C=O) groups is 1. The highest BCUT2D eigenvalue weighted by Crippen LogP contribution is 2.19. The van der Waals surface area contributed by atoms with Crippen LogP contribution in [-0.4, -0.2) is 26.9 Å². The molecule has 0 radical (unpaired) electrons. The summed E-state index contributed by atoms with van der Waals surface area (Å²) >= 11 is 4.87. The predicted octanol–water partition coefficient (Wildman–Crippen LogP) is 4.06. The van der Waals surface area contributed by atoms with E-state index in [0.29, 0.717) is 23.0 Å². The Morgan fingerprint density at radius 3 is 2.75 bits per heavy atom. The minimum Gasteiger partial charge on any atom is -0.307 e. The third-order valence-electron chi connectivity index (χ3n) is 3.41. The summed E-state index contributed by atoms with van der Waals surface area (Å²) in [6, 6.07) is 13.3. The zero-order chi connectivity index (χ0) is 16.9. The maximum absolute atomic E-state index is 12.5. The van der Waals surface area contributed by atoms with Crippen molar-refractivity contribution in [3.63, 3.8) is 0 Å². The van der Waals surface area contributed by atoms with Crippen LogP contribution in [0.4, 0.5) is 5.82 Å². The van der Waals surface area contributed by atoms with E-state index in [1.165, 1.54) is 11.8 Å². The number of amides is 1. The summed E-state index contributed by atoms with van der Waals surface area (Å²) in [4.78, 5) is 16.8. The summed E-state index contributed by atoms with van der Waals surface area (Å²) in [5.41, 5.74) is 1.66. The summed E-state index contributed by atoms with van der Waals surface area (Å²) in [5, 5.41) is 7.91. The number of hydrogen-bond acceptors (Lipinski definition) is 4. The maximum Gasteiger partial charge on any atom is 0.259 e. The molecular weight excluding hydrogens is 388 g/mol. The Labute approximate surface area is 152 Å². The van der Waals surface area contributed by atoms with E-state index in [-0.39, 0.29) is 5.91 Å². The molecule has 7 heteroatoms. The van der Waals surface area contributed by atoms with Crippen molar-refractivity contribution >= 4 is 39.4 Å². The molecule has 0 saturated heterocycles. The quantitative estimate of drug-likeness (QED) is 0.653. The molecule has 1 aromatic carbocycles. The van der Waals surface area contributed by atoms with Crippen LogP contribution in [0.5, 0.6) is 0 Å². The van der Waals surface area contributed by atoms with Crippen LogP contribution >= 0.6 is 27.7 Å². The number of halogens is 1. The van der Waals surface area contributed by atoms with Gasteiger partial charge in [0.1, 0.15) is 10.8 Å². The number of nitrogens with one attached hydrogen (secondary N) is 1. The minimum absolute atomic E-state index is 0.190. The molecule has 3 aromatic rings. The molecule has 0 aliphatic carbocycles. The second-order valence-electron chi connectivity index (χ2n) is 5.01. The van der Waals surface area contributed by atoms with E-state index in [4.69, 9.17) is 0 Å². The molecule has 5 nitrogen and oxygen atoms in total. The van der Waals surface area contributed by atoms with E-state index in [1.807, 2.05) is 30.5 Å². The Balaban J connectivity index is 1.78. The third kappa shape index (κ3) is 3.85. The molecule has 2 heterocycles. The molecule has 0 saturated carbocycles. The Bertz CT molecular complexity index is 848. The van der Waals surface area contributed by atoms with E-state index in [1.54, 1.807) is 35.3 Å². The van der Waals surface area contributed by atoms with Crippen LogP contribution in [0, 0.1) is 0 Å². The first-order valence-electron chi connectivity index (χ1n) is 7.24. The zero-order valence-corrected chi connectivity index (χ0v) is 15.3. The van der Waals surface area contributed by atoms with Gasteiger partial charge in [0.05, 0.1) is 18.3 Å². The number of thioether (sulfide) groups is 1. The SMILES string of the molecule is CSc1ncccc1C(=O)Nc1ccnn1Cc1ccc(Br)cc1. The van der Waals surface area contributed by atoms with Gasteiger partial charge in [-0.2, -0.15) is 5.10 Å². The van der Waals surface area contributed by atoms with Gasteiger partial charge >= 0.3 is 0 Å². The number of rotatable bonds is 5. The van der Waals surface area contributed by atoms with Crippen molar-refractivity contribution in [1.29, 1.82) is 0 Å². The van der Waals surface area contributed by atoms with Crippen molar-refractivity contribution in [2.75, 3.05) is 11.6 Å². The van der Waals surface area contributed by atoms with Crippen LogP contribution in [0.1, 0.15) is 15.9 Å². The number of hydrogen-bond donors (Lipinski definition) is 1. The third-order valence-corrected chi connectivity index (χ3v) is 4.65. The molecule has 0 bridgehead atoms. The van der Waals surface area contributed by atoms with Crippen LogP contribution in [-0.2, 0) is 6.54 Å². The van der Waals surface area contributed by atoms with Gasteiger partial charge in [0.15, 0.2) is 0 Å². The molecular formula is C17H15BrN4OS. The first-order valence-corrected chi connectivity index (χ1v) is 9.26. The van der Waals surface area contributed by atoms with E-state index in [2.05, 4.69) is 31.3 Å². The van der Waals surface area contributed by atoms with Crippen molar-refractivity contribution in [3.05, 3.63) is 70.5 Å². The minimum atomic E-state index is -0.190. The Morgan fingerprint density at radius 2 is 2.00 bits per heavy atom. The van der Waals surface area contributed by atoms with Crippen LogP contribution in [0.15, 0.2) is 64.4 Å². The average molecular weight is 403 g/mol. The van der Waals surface area contributed by atoms with Crippen LogP contribution in [0.25, 0.3) is 0 Å². The summed E-state index contributed by atoms with van der Waals surface area (Å²) in [7, 11) is 0. The molecule has 3 rings (SSSR count). The molecule has 0 fully saturated rings. The number of nitrogens with zero attached hydrogens (tertiary/aromatic N) is 3. The molecule has 1 amide bonds. The molecule has 2 aromatic heterocycles. The molecule has 24 heavy (non-hydrogen) atoms. The monoisotopic (exact) mass is 402 g/mol. The van der Waals surface area contributed by atoms with Gasteiger partial charge in [-0.25, -0.2) is 9.67 Å². The number of aromatic nitrogens is 3. The van der Waals surface area contributed by atoms with Crippen LogP contribution in [0.3, 0.4) is 0 Å². The van der Waals surface area contributed by atoms with Crippen molar-refractivity contribution in [2.24, 2.45) is 0 Å². The standard InChI is InChI=1S/C17H15BrN4OS/c1-24-17-14(3-2-9-19-17)16(23)21-15-8-10-20-22(15)11-12-4-6-13(18)7-5-12/h2-10H,11H2,1H3,(H,21,23). The summed E-state index contributed by atoms with van der Waals surface area (Å²) in [5.74, 6) is 0.462. The largest absolute Gasteiger partial charge is 0.307 e. The van der Waals surface area contributed by atoms with Gasteiger partial charge in [-0.1, -0.05) is 28.1 Å². The molecule has 0 atom stereocenters.